The summed E-state index contributed by atoms with van der Waals surface area (Å²) in [6.07, 6.45) is 2.74. The number of benzene rings is 1. The lowest BCUT2D eigenvalue weighted by Crippen LogP contribution is -2.06. The average molecular weight is 280 g/mol. The van der Waals surface area contributed by atoms with Crippen molar-refractivity contribution >= 4 is 23.0 Å². The average Bonchev–Trinajstić information content (AvgIpc) is 2.85. The molecule has 2 rings (SSSR count). The fourth-order valence-electron chi connectivity index (χ4n) is 1.61. The Balaban J connectivity index is 2.12. The number of rotatable bonds is 5. The van der Waals surface area contributed by atoms with Crippen LogP contribution in [0.3, 0.4) is 0 Å². The van der Waals surface area contributed by atoms with Crippen LogP contribution < -0.4 is 5.32 Å². The number of aromatic carboxylic acids is 1. The number of anilines is 1. The number of nitrogens with zero attached hydrogens (tertiary/aromatic N) is 1. The van der Waals surface area contributed by atoms with E-state index in [0.717, 1.165) is 17.5 Å². The highest BCUT2D eigenvalue weighted by molar-refractivity contribution is 7.11. The Morgan fingerprint density at radius 2 is 2.32 bits per heavy atom. The van der Waals surface area contributed by atoms with E-state index in [1.54, 1.807) is 11.3 Å². The second-order valence-electron chi connectivity index (χ2n) is 3.92. The van der Waals surface area contributed by atoms with Gasteiger partial charge in [0.15, 0.2) is 0 Å². The molecule has 0 aliphatic rings. The molecule has 0 saturated heterocycles. The first kappa shape index (κ1) is 13.5. The van der Waals surface area contributed by atoms with Crippen LogP contribution in [0.2, 0.25) is 0 Å². The van der Waals surface area contributed by atoms with E-state index in [1.165, 1.54) is 17.0 Å². The number of aromatic nitrogens is 1. The molecule has 1 aromatic carbocycles. The highest BCUT2D eigenvalue weighted by atomic mass is 32.1. The number of aryl methyl sites for hydroxylation is 1. The van der Waals surface area contributed by atoms with Gasteiger partial charge in [0.2, 0.25) is 0 Å². The monoisotopic (exact) mass is 280 g/mol. The summed E-state index contributed by atoms with van der Waals surface area (Å²) in [4.78, 5) is 16.4. The van der Waals surface area contributed by atoms with Crippen molar-refractivity contribution in [3.63, 3.8) is 0 Å². The highest BCUT2D eigenvalue weighted by Crippen LogP contribution is 2.20. The SMILES string of the molecule is CCc1cnc(CNc2ccc(F)cc2C(=O)O)s1. The molecule has 2 aromatic rings. The van der Waals surface area contributed by atoms with Gasteiger partial charge >= 0.3 is 5.97 Å². The number of hydrogen-bond acceptors (Lipinski definition) is 4. The van der Waals surface area contributed by atoms with Gasteiger partial charge in [-0.3, -0.25) is 0 Å². The first-order valence-corrected chi connectivity index (χ1v) is 6.62. The van der Waals surface area contributed by atoms with Crippen molar-refractivity contribution in [1.82, 2.24) is 4.98 Å². The second-order valence-corrected chi connectivity index (χ2v) is 5.12. The zero-order valence-electron chi connectivity index (χ0n) is 10.3. The molecule has 1 aromatic heterocycles. The topological polar surface area (TPSA) is 62.2 Å². The molecule has 0 fully saturated rings. The Bertz CT molecular complexity index is 598. The quantitative estimate of drug-likeness (QED) is 0.883. The van der Waals surface area contributed by atoms with Gasteiger partial charge in [0.1, 0.15) is 10.8 Å². The van der Waals surface area contributed by atoms with Gasteiger partial charge in [0.25, 0.3) is 0 Å². The first-order chi connectivity index (χ1) is 9.10. The zero-order valence-corrected chi connectivity index (χ0v) is 11.1. The van der Waals surface area contributed by atoms with Crippen LogP contribution in [0, 0.1) is 5.82 Å². The third kappa shape index (κ3) is 3.29. The molecule has 0 amide bonds. The lowest BCUT2D eigenvalue weighted by Gasteiger charge is -2.08. The van der Waals surface area contributed by atoms with Crippen LogP contribution in [0.15, 0.2) is 24.4 Å². The minimum Gasteiger partial charge on any atom is -0.478 e. The standard InChI is InChI=1S/C13H13FN2O2S/c1-2-9-6-16-12(19-9)7-15-11-4-3-8(14)5-10(11)13(17)18/h3-6,15H,2,7H2,1H3,(H,17,18). The lowest BCUT2D eigenvalue weighted by atomic mass is 10.1. The number of carbonyl (C=O) groups is 1. The van der Waals surface area contributed by atoms with E-state index in [4.69, 9.17) is 5.11 Å². The van der Waals surface area contributed by atoms with E-state index in [2.05, 4.69) is 10.3 Å². The lowest BCUT2D eigenvalue weighted by molar-refractivity contribution is 0.0697. The first-order valence-electron chi connectivity index (χ1n) is 5.80. The van der Waals surface area contributed by atoms with E-state index in [-0.39, 0.29) is 5.56 Å². The summed E-state index contributed by atoms with van der Waals surface area (Å²) in [5.41, 5.74) is 0.314. The second kappa shape index (κ2) is 5.79. The molecule has 0 unspecified atom stereocenters. The van der Waals surface area contributed by atoms with Crippen molar-refractivity contribution in [2.45, 2.75) is 19.9 Å². The molecule has 0 radical (unpaired) electrons. The highest BCUT2D eigenvalue weighted by Gasteiger charge is 2.11. The summed E-state index contributed by atoms with van der Waals surface area (Å²) in [5, 5.41) is 12.9. The molecule has 0 atom stereocenters. The molecule has 4 nitrogen and oxygen atoms in total. The summed E-state index contributed by atoms with van der Waals surface area (Å²) >= 11 is 1.57. The smallest absolute Gasteiger partial charge is 0.337 e. The van der Waals surface area contributed by atoms with E-state index < -0.39 is 11.8 Å². The predicted octanol–water partition coefficient (Wildman–Crippen LogP) is 3.15. The molecule has 0 aliphatic heterocycles. The molecule has 2 N–H and O–H groups in total. The van der Waals surface area contributed by atoms with Gasteiger partial charge in [-0.2, -0.15) is 0 Å². The summed E-state index contributed by atoms with van der Waals surface area (Å²) in [6.45, 7) is 2.48. The Labute approximate surface area is 113 Å². The van der Waals surface area contributed by atoms with Gasteiger partial charge in [-0.15, -0.1) is 11.3 Å². The van der Waals surface area contributed by atoms with E-state index in [9.17, 15) is 9.18 Å². The van der Waals surface area contributed by atoms with E-state index in [1.807, 2.05) is 13.1 Å². The number of hydrogen-bond donors (Lipinski definition) is 2. The number of nitrogens with one attached hydrogen (secondary N) is 1. The van der Waals surface area contributed by atoms with Crippen molar-refractivity contribution in [2.75, 3.05) is 5.32 Å². The van der Waals surface area contributed by atoms with Crippen molar-refractivity contribution in [3.05, 3.63) is 45.7 Å². The molecule has 1 heterocycles. The molecule has 0 spiro atoms. The maximum atomic E-state index is 13.0. The Hall–Kier alpha value is -1.95. The molecule has 0 aliphatic carbocycles. The Morgan fingerprint density at radius 3 is 2.95 bits per heavy atom. The molecule has 0 bridgehead atoms. The van der Waals surface area contributed by atoms with Gasteiger partial charge in [-0.05, 0) is 24.6 Å². The maximum Gasteiger partial charge on any atom is 0.337 e. The van der Waals surface area contributed by atoms with Crippen molar-refractivity contribution < 1.29 is 14.3 Å². The summed E-state index contributed by atoms with van der Waals surface area (Å²) in [5.74, 6) is -1.72. The van der Waals surface area contributed by atoms with Crippen molar-refractivity contribution in [3.8, 4) is 0 Å². The fraction of sp³-hybridized carbons (Fsp3) is 0.231. The third-order valence-electron chi connectivity index (χ3n) is 2.59. The zero-order chi connectivity index (χ0) is 13.8. The Morgan fingerprint density at radius 1 is 1.53 bits per heavy atom. The van der Waals surface area contributed by atoms with Gasteiger partial charge in [-0.1, -0.05) is 6.92 Å². The number of carboxylic acids is 1. The van der Waals surface area contributed by atoms with E-state index >= 15 is 0 Å². The normalized spacial score (nSPS) is 10.4. The van der Waals surface area contributed by atoms with Crippen molar-refractivity contribution in [1.29, 1.82) is 0 Å². The van der Waals surface area contributed by atoms with Gasteiger partial charge < -0.3 is 10.4 Å². The van der Waals surface area contributed by atoms with Crippen LogP contribution in [-0.2, 0) is 13.0 Å². The summed E-state index contributed by atoms with van der Waals surface area (Å²) in [7, 11) is 0. The van der Waals surface area contributed by atoms with E-state index in [0.29, 0.717) is 12.2 Å². The molecule has 100 valence electrons. The van der Waals surface area contributed by atoms with Crippen LogP contribution in [0.25, 0.3) is 0 Å². The van der Waals surface area contributed by atoms with Crippen LogP contribution in [0.4, 0.5) is 10.1 Å². The fourth-order valence-corrected chi connectivity index (χ4v) is 2.41. The largest absolute Gasteiger partial charge is 0.478 e. The molecule has 19 heavy (non-hydrogen) atoms. The summed E-state index contributed by atoms with van der Waals surface area (Å²) < 4.78 is 13.0. The van der Waals surface area contributed by atoms with Crippen LogP contribution in [0.1, 0.15) is 27.2 Å². The van der Waals surface area contributed by atoms with Gasteiger partial charge in [-0.25, -0.2) is 14.2 Å². The predicted molar refractivity (Wildman–Crippen MR) is 72.2 cm³/mol. The van der Waals surface area contributed by atoms with Crippen LogP contribution in [0.5, 0.6) is 0 Å². The minimum absolute atomic E-state index is 0.0766. The molecule has 6 heteroatoms. The van der Waals surface area contributed by atoms with Gasteiger partial charge in [0, 0.05) is 16.8 Å². The minimum atomic E-state index is -1.16. The van der Waals surface area contributed by atoms with Crippen LogP contribution >= 0.6 is 11.3 Å². The maximum absolute atomic E-state index is 13.0. The van der Waals surface area contributed by atoms with Crippen molar-refractivity contribution in [2.24, 2.45) is 0 Å². The molecular weight excluding hydrogens is 267 g/mol. The number of halogens is 1. The third-order valence-corrected chi connectivity index (χ3v) is 3.73. The number of thiazole rings is 1. The van der Waals surface area contributed by atoms with Gasteiger partial charge in [0.05, 0.1) is 12.1 Å². The molecular formula is C13H13FN2O2S. The molecule has 0 saturated carbocycles. The number of carboxylic acid groups (broad SMARTS) is 1. The summed E-state index contributed by atoms with van der Waals surface area (Å²) in [6, 6.07) is 3.66. The van der Waals surface area contributed by atoms with Crippen LogP contribution in [-0.4, -0.2) is 16.1 Å². The Kier molecular flexibility index (Phi) is 4.11.